The normalized spacial score (nSPS) is 47.5. The van der Waals surface area contributed by atoms with Crippen molar-refractivity contribution in [3.8, 4) is 0 Å². The first-order valence-electron chi connectivity index (χ1n) is 13.1. The van der Waals surface area contributed by atoms with Crippen molar-refractivity contribution in [2.45, 2.75) is 82.3 Å². The zero-order valence-corrected chi connectivity index (χ0v) is 19.6. The first kappa shape index (κ1) is 21.5. The summed E-state index contributed by atoms with van der Waals surface area (Å²) < 4.78 is 37.1. The molecule has 7 nitrogen and oxygen atoms in total. The lowest BCUT2D eigenvalue weighted by Crippen LogP contribution is -2.65. The van der Waals surface area contributed by atoms with Crippen LogP contribution in [0.4, 0.5) is 0 Å². The number of Topliss-reactive ketones (excluding diaryl/α,β-unsaturated/α-hetero) is 1. The molecule has 3 aliphatic heterocycles. The molecule has 3 saturated carbocycles. The second-order valence-corrected chi connectivity index (χ2v) is 11.4. The maximum absolute atomic E-state index is 14.4. The van der Waals surface area contributed by atoms with Crippen LogP contribution < -0.4 is 0 Å². The molecule has 6 fully saturated rings. The van der Waals surface area contributed by atoms with Gasteiger partial charge in [0.1, 0.15) is 6.10 Å². The number of ether oxygens (including phenoxy) is 6. The van der Waals surface area contributed by atoms with Gasteiger partial charge in [0.05, 0.1) is 31.8 Å². The van der Waals surface area contributed by atoms with E-state index in [0.29, 0.717) is 44.9 Å². The highest BCUT2D eigenvalue weighted by atomic mass is 16.7. The number of ketones is 1. The van der Waals surface area contributed by atoms with Crippen molar-refractivity contribution >= 4 is 5.78 Å². The van der Waals surface area contributed by atoms with Crippen molar-refractivity contribution in [3.63, 3.8) is 0 Å². The van der Waals surface area contributed by atoms with E-state index in [1.54, 1.807) is 0 Å². The molecule has 0 aromatic heterocycles. The quantitative estimate of drug-likeness (QED) is 0.585. The summed E-state index contributed by atoms with van der Waals surface area (Å²) in [5, 5.41) is 0. The second kappa shape index (κ2) is 7.58. The van der Waals surface area contributed by atoms with Crippen molar-refractivity contribution in [1.29, 1.82) is 0 Å². The van der Waals surface area contributed by atoms with E-state index in [0.717, 1.165) is 51.4 Å². The van der Waals surface area contributed by atoms with E-state index in [2.05, 4.69) is 13.0 Å². The van der Waals surface area contributed by atoms with Crippen LogP contribution in [0.25, 0.3) is 0 Å². The lowest BCUT2D eigenvalue weighted by atomic mass is 9.50. The first-order chi connectivity index (χ1) is 16.1. The monoisotopic (exact) mass is 460 g/mol. The number of fused-ring (bicyclic) bond motifs is 6. The largest absolute Gasteiger partial charge is 0.353 e. The van der Waals surface area contributed by atoms with Crippen LogP contribution in [0.15, 0.2) is 11.6 Å². The summed E-state index contributed by atoms with van der Waals surface area (Å²) in [5.74, 6) is -0.0355. The van der Waals surface area contributed by atoms with Crippen LogP contribution in [0.1, 0.15) is 58.3 Å². The van der Waals surface area contributed by atoms with Gasteiger partial charge in [-0.25, -0.2) is 0 Å². The van der Waals surface area contributed by atoms with E-state index in [-0.39, 0.29) is 23.9 Å². The Hall–Kier alpha value is -0.830. The fraction of sp³-hybridized carbons (Fsp3) is 0.885. The molecule has 182 valence electrons. The average Bonchev–Trinajstić information content (AvgIpc) is 3.62. The van der Waals surface area contributed by atoms with Crippen LogP contribution in [0, 0.1) is 29.1 Å². The Balaban J connectivity index is 1.26. The average molecular weight is 461 g/mol. The van der Waals surface area contributed by atoms with Gasteiger partial charge < -0.3 is 28.4 Å². The van der Waals surface area contributed by atoms with Gasteiger partial charge in [-0.15, -0.1) is 0 Å². The highest BCUT2D eigenvalue weighted by molar-refractivity contribution is 5.89. The molecule has 3 heterocycles. The van der Waals surface area contributed by atoms with Crippen LogP contribution in [0.5, 0.6) is 0 Å². The summed E-state index contributed by atoms with van der Waals surface area (Å²) >= 11 is 0. The predicted octanol–water partition coefficient (Wildman–Crippen LogP) is 3.36. The van der Waals surface area contributed by atoms with E-state index < -0.39 is 23.1 Å². The van der Waals surface area contributed by atoms with Crippen LogP contribution in [-0.2, 0) is 33.2 Å². The maximum atomic E-state index is 14.4. The van der Waals surface area contributed by atoms with Gasteiger partial charge in [-0.05, 0) is 43.4 Å². The van der Waals surface area contributed by atoms with Crippen molar-refractivity contribution in [3.05, 3.63) is 11.6 Å². The summed E-state index contributed by atoms with van der Waals surface area (Å²) in [5.41, 5.74) is 0.866. The van der Waals surface area contributed by atoms with E-state index in [1.165, 1.54) is 5.57 Å². The van der Waals surface area contributed by atoms with E-state index in [4.69, 9.17) is 28.4 Å². The Morgan fingerprint density at radius 3 is 2.52 bits per heavy atom. The minimum atomic E-state index is -0.715. The molecule has 2 spiro atoms. The zero-order chi connectivity index (χ0) is 22.3. The van der Waals surface area contributed by atoms with Gasteiger partial charge in [-0.2, -0.15) is 0 Å². The molecule has 3 saturated heterocycles. The predicted molar refractivity (Wildman–Crippen MR) is 116 cm³/mol. The third kappa shape index (κ3) is 2.93. The molecular formula is C26H36O7. The van der Waals surface area contributed by atoms with E-state index >= 15 is 0 Å². The molecular weight excluding hydrogens is 424 g/mol. The van der Waals surface area contributed by atoms with Crippen LogP contribution in [0.2, 0.25) is 0 Å². The standard InChI is InChI=1S/C26H36O7/c1-24-19(7-9-26(24)31-13-14-32-26)18-5-4-16-15-25(29-11-12-30-25)8-6-17(16)21(18)22(27)23(24)33-20-3-2-10-28-20/h4,17-21,23H,2-3,5-15H2,1H3/t17-,18-,19-,20?,21+,23-,24+/m0/s1. The summed E-state index contributed by atoms with van der Waals surface area (Å²) in [7, 11) is 0. The Labute approximate surface area is 195 Å². The molecule has 0 radical (unpaired) electrons. The SMILES string of the molecule is C[C@]12[C@@H](OC3CCCO3)C(=O)[C@H]3[C@@H](CC=C4CC5(CC[C@@H]43)OCCO5)[C@@H]1CCC21OCCO1. The third-order valence-corrected chi connectivity index (χ3v) is 10.1. The number of carbonyl (C=O) groups is 1. The second-order valence-electron chi connectivity index (χ2n) is 11.4. The Bertz CT molecular complexity index is 836. The van der Waals surface area contributed by atoms with Gasteiger partial charge in [0.25, 0.3) is 0 Å². The van der Waals surface area contributed by atoms with Gasteiger partial charge in [0.15, 0.2) is 23.6 Å². The summed E-state index contributed by atoms with van der Waals surface area (Å²) in [6, 6.07) is 0. The molecule has 0 aromatic rings. The van der Waals surface area contributed by atoms with E-state index in [1.807, 2.05) is 0 Å². The van der Waals surface area contributed by atoms with Crippen molar-refractivity contribution in [1.82, 2.24) is 0 Å². The first-order valence-corrected chi connectivity index (χ1v) is 13.1. The lowest BCUT2D eigenvalue weighted by Gasteiger charge is -2.57. The third-order valence-electron chi connectivity index (χ3n) is 10.1. The molecule has 4 aliphatic carbocycles. The van der Waals surface area contributed by atoms with Gasteiger partial charge in [-0.3, -0.25) is 4.79 Å². The summed E-state index contributed by atoms with van der Waals surface area (Å²) in [6.45, 7) is 5.43. The summed E-state index contributed by atoms with van der Waals surface area (Å²) in [6.07, 6.45) is 8.76. The Kier molecular flexibility index (Phi) is 4.93. The fourth-order valence-corrected chi connectivity index (χ4v) is 8.67. The molecule has 0 bridgehead atoms. The van der Waals surface area contributed by atoms with Crippen LogP contribution in [-0.4, -0.2) is 62.8 Å². The minimum absolute atomic E-state index is 0.00946. The topological polar surface area (TPSA) is 72.5 Å². The zero-order valence-electron chi connectivity index (χ0n) is 19.6. The number of allylic oxidation sites excluding steroid dienone is 1. The molecule has 0 amide bonds. The maximum Gasteiger partial charge on any atom is 0.176 e. The van der Waals surface area contributed by atoms with Gasteiger partial charge >= 0.3 is 0 Å². The smallest absolute Gasteiger partial charge is 0.176 e. The number of carbonyl (C=O) groups excluding carboxylic acids is 1. The molecule has 1 unspecified atom stereocenters. The van der Waals surface area contributed by atoms with E-state index in [9.17, 15) is 4.79 Å². The van der Waals surface area contributed by atoms with Gasteiger partial charge in [-0.1, -0.05) is 18.6 Å². The Morgan fingerprint density at radius 2 is 1.76 bits per heavy atom. The molecule has 33 heavy (non-hydrogen) atoms. The number of rotatable bonds is 2. The van der Waals surface area contributed by atoms with Gasteiger partial charge in [0, 0.05) is 38.2 Å². The number of hydrogen-bond donors (Lipinski definition) is 0. The Morgan fingerprint density at radius 1 is 0.970 bits per heavy atom. The molecule has 7 heteroatoms. The highest BCUT2D eigenvalue weighted by Gasteiger charge is 2.72. The van der Waals surface area contributed by atoms with Gasteiger partial charge in [0.2, 0.25) is 0 Å². The molecule has 7 rings (SSSR count). The number of hydrogen-bond acceptors (Lipinski definition) is 7. The minimum Gasteiger partial charge on any atom is -0.353 e. The van der Waals surface area contributed by atoms with Crippen LogP contribution in [0.3, 0.4) is 0 Å². The molecule has 7 atom stereocenters. The lowest BCUT2D eigenvalue weighted by molar-refractivity contribution is -0.287. The van der Waals surface area contributed by atoms with Crippen molar-refractivity contribution in [2.75, 3.05) is 33.0 Å². The fourth-order valence-electron chi connectivity index (χ4n) is 8.67. The molecule has 7 aliphatic rings. The van der Waals surface area contributed by atoms with Crippen molar-refractivity contribution in [2.24, 2.45) is 29.1 Å². The summed E-state index contributed by atoms with van der Waals surface area (Å²) in [4.78, 5) is 14.4. The highest BCUT2D eigenvalue weighted by Crippen LogP contribution is 2.66. The van der Waals surface area contributed by atoms with Crippen molar-refractivity contribution < 1.29 is 33.2 Å². The molecule has 0 aromatic carbocycles. The van der Waals surface area contributed by atoms with Crippen LogP contribution >= 0.6 is 0 Å². The molecule has 0 N–H and O–H groups in total.